The van der Waals surface area contributed by atoms with Crippen LogP contribution in [0.25, 0.3) is 0 Å². The first-order chi connectivity index (χ1) is 10.7. The predicted molar refractivity (Wildman–Crippen MR) is 81.2 cm³/mol. The lowest BCUT2D eigenvalue weighted by atomic mass is 10.2. The molecular weight excluding hydrogens is 284 g/mol. The molecule has 116 valence electrons. The average molecular weight is 302 g/mol. The number of hydrogen-bond donors (Lipinski definition) is 2. The largest absolute Gasteiger partial charge is 0.486 e. The van der Waals surface area contributed by atoms with Crippen molar-refractivity contribution < 1.29 is 18.7 Å². The fourth-order valence-electron chi connectivity index (χ4n) is 2.24. The molecule has 0 unspecified atom stereocenters. The SMILES string of the molecule is C[C@@H](NC(=O)CNc1ccc2c(c1)OCCO2)c1ccco1. The highest BCUT2D eigenvalue weighted by Gasteiger charge is 2.13. The van der Waals surface area contributed by atoms with E-state index in [9.17, 15) is 4.79 Å². The quantitative estimate of drug-likeness (QED) is 0.887. The smallest absolute Gasteiger partial charge is 0.239 e. The molecule has 0 saturated carbocycles. The zero-order valence-corrected chi connectivity index (χ0v) is 12.3. The van der Waals surface area contributed by atoms with E-state index in [1.807, 2.05) is 31.2 Å². The molecule has 0 saturated heterocycles. The van der Waals surface area contributed by atoms with Crippen molar-refractivity contribution >= 4 is 11.6 Å². The van der Waals surface area contributed by atoms with Gasteiger partial charge >= 0.3 is 0 Å². The zero-order chi connectivity index (χ0) is 15.4. The molecule has 2 heterocycles. The first-order valence-corrected chi connectivity index (χ1v) is 7.18. The summed E-state index contributed by atoms with van der Waals surface area (Å²) in [7, 11) is 0. The monoisotopic (exact) mass is 302 g/mol. The lowest BCUT2D eigenvalue weighted by Crippen LogP contribution is -2.31. The van der Waals surface area contributed by atoms with Crippen LogP contribution in [0, 0.1) is 0 Å². The molecule has 1 atom stereocenters. The molecule has 0 spiro atoms. The summed E-state index contributed by atoms with van der Waals surface area (Å²) in [5, 5.41) is 5.93. The molecule has 6 nitrogen and oxygen atoms in total. The van der Waals surface area contributed by atoms with Crippen molar-refractivity contribution in [2.45, 2.75) is 13.0 Å². The van der Waals surface area contributed by atoms with Gasteiger partial charge in [0.2, 0.25) is 5.91 Å². The Kier molecular flexibility index (Phi) is 4.18. The molecule has 6 heteroatoms. The summed E-state index contributed by atoms with van der Waals surface area (Å²) in [5.74, 6) is 2.04. The molecule has 3 rings (SSSR count). The maximum Gasteiger partial charge on any atom is 0.239 e. The van der Waals surface area contributed by atoms with Gasteiger partial charge in [-0.2, -0.15) is 0 Å². The number of nitrogens with one attached hydrogen (secondary N) is 2. The summed E-state index contributed by atoms with van der Waals surface area (Å²) in [6.45, 7) is 3.15. The van der Waals surface area contributed by atoms with Gasteiger partial charge in [-0.05, 0) is 31.2 Å². The van der Waals surface area contributed by atoms with E-state index in [0.29, 0.717) is 19.0 Å². The molecule has 1 aromatic carbocycles. The highest BCUT2D eigenvalue weighted by atomic mass is 16.6. The van der Waals surface area contributed by atoms with Crippen molar-refractivity contribution in [2.24, 2.45) is 0 Å². The molecule has 0 aliphatic carbocycles. The number of hydrogen-bond acceptors (Lipinski definition) is 5. The second kappa shape index (κ2) is 6.43. The van der Waals surface area contributed by atoms with Crippen molar-refractivity contribution in [1.82, 2.24) is 5.32 Å². The Bertz CT molecular complexity index is 640. The van der Waals surface area contributed by atoms with Crippen LogP contribution < -0.4 is 20.1 Å². The van der Waals surface area contributed by atoms with Gasteiger partial charge in [0.15, 0.2) is 11.5 Å². The predicted octanol–water partition coefficient (Wildman–Crippen LogP) is 2.34. The van der Waals surface area contributed by atoms with Crippen molar-refractivity contribution in [3.8, 4) is 11.5 Å². The standard InChI is InChI=1S/C16H18N2O4/c1-11(13-3-2-6-20-13)18-16(19)10-17-12-4-5-14-15(9-12)22-8-7-21-14/h2-6,9,11,17H,7-8,10H2,1H3,(H,18,19)/t11-/m1/s1. The van der Waals surface area contributed by atoms with Crippen molar-refractivity contribution in [3.63, 3.8) is 0 Å². The Balaban J connectivity index is 1.52. The van der Waals surface area contributed by atoms with E-state index >= 15 is 0 Å². The van der Waals surface area contributed by atoms with Gasteiger partial charge in [0.05, 0.1) is 18.8 Å². The topological polar surface area (TPSA) is 72.7 Å². The summed E-state index contributed by atoms with van der Waals surface area (Å²) in [5.41, 5.74) is 0.810. The Hall–Kier alpha value is -2.63. The van der Waals surface area contributed by atoms with Gasteiger partial charge in [0.1, 0.15) is 19.0 Å². The van der Waals surface area contributed by atoms with Crippen LogP contribution in [0.4, 0.5) is 5.69 Å². The second-order valence-corrected chi connectivity index (χ2v) is 5.02. The molecule has 1 aliphatic heterocycles. The van der Waals surface area contributed by atoms with Gasteiger partial charge in [-0.15, -0.1) is 0 Å². The molecule has 2 N–H and O–H groups in total. The van der Waals surface area contributed by atoms with Crippen LogP contribution in [0.5, 0.6) is 11.5 Å². The van der Waals surface area contributed by atoms with Gasteiger partial charge in [-0.3, -0.25) is 4.79 Å². The first kappa shape index (κ1) is 14.3. The minimum atomic E-state index is -0.162. The number of carbonyl (C=O) groups excluding carboxylic acids is 1. The van der Waals surface area contributed by atoms with Crippen molar-refractivity contribution in [2.75, 3.05) is 25.1 Å². The number of rotatable bonds is 5. The van der Waals surface area contributed by atoms with E-state index in [1.54, 1.807) is 12.3 Å². The third kappa shape index (κ3) is 3.33. The van der Waals surface area contributed by atoms with Crippen LogP contribution in [0.1, 0.15) is 18.7 Å². The fraction of sp³-hybridized carbons (Fsp3) is 0.312. The van der Waals surface area contributed by atoms with Crippen LogP contribution >= 0.6 is 0 Å². The number of ether oxygens (including phenoxy) is 2. The van der Waals surface area contributed by atoms with Crippen LogP contribution in [0.15, 0.2) is 41.0 Å². The van der Waals surface area contributed by atoms with Gasteiger partial charge < -0.3 is 24.5 Å². The highest BCUT2D eigenvalue weighted by Crippen LogP contribution is 2.32. The number of furan rings is 1. The van der Waals surface area contributed by atoms with E-state index in [-0.39, 0.29) is 18.5 Å². The Morgan fingerprint density at radius 3 is 2.82 bits per heavy atom. The van der Waals surface area contributed by atoms with E-state index in [2.05, 4.69) is 10.6 Å². The molecule has 0 radical (unpaired) electrons. The molecule has 0 bridgehead atoms. The number of fused-ring (bicyclic) bond motifs is 1. The number of benzene rings is 1. The van der Waals surface area contributed by atoms with Crippen LogP contribution in [-0.4, -0.2) is 25.7 Å². The third-order valence-corrected chi connectivity index (χ3v) is 3.34. The molecule has 22 heavy (non-hydrogen) atoms. The summed E-state index contributed by atoms with van der Waals surface area (Å²) in [6.07, 6.45) is 1.59. The maximum absolute atomic E-state index is 11.9. The zero-order valence-electron chi connectivity index (χ0n) is 12.3. The van der Waals surface area contributed by atoms with Crippen LogP contribution in [0.3, 0.4) is 0 Å². The number of anilines is 1. The van der Waals surface area contributed by atoms with Crippen LogP contribution in [0.2, 0.25) is 0 Å². The lowest BCUT2D eigenvalue weighted by molar-refractivity contribution is -0.120. The Labute approximate surface area is 128 Å². The number of amides is 1. The summed E-state index contributed by atoms with van der Waals surface area (Å²) in [4.78, 5) is 11.9. The summed E-state index contributed by atoms with van der Waals surface area (Å²) < 4.78 is 16.2. The lowest BCUT2D eigenvalue weighted by Gasteiger charge is -2.19. The minimum absolute atomic E-state index is 0.112. The van der Waals surface area contributed by atoms with Gasteiger partial charge in [0, 0.05) is 11.8 Å². The van der Waals surface area contributed by atoms with Gasteiger partial charge in [0.25, 0.3) is 0 Å². The third-order valence-electron chi connectivity index (χ3n) is 3.34. The van der Waals surface area contributed by atoms with Crippen molar-refractivity contribution in [3.05, 3.63) is 42.4 Å². The molecule has 1 aromatic heterocycles. The van der Waals surface area contributed by atoms with Crippen LogP contribution in [-0.2, 0) is 4.79 Å². The highest BCUT2D eigenvalue weighted by molar-refractivity contribution is 5.81. The minimum Gasteiger partial charge on any atom is -0.486 e. The number of carbonyl (C=O) groups is 1. The van der Waals surface area contributed by atoms with Gasteiger partial charge in [-0.25, -0.2) is 0 Å². The second-order valence-electron chi connectivity index (χ2n) is 5.02. The summed E-state index contributed by atoms with van der Waals surface area (Å²) in [6, 6.07) is 8.99. The average Bonchev–Trinajstić information content (AvgIpc) is 3.07. The Morgan fingerprint density at radius 2 is 2.05 bits per heavy atom. The molecule has 0 fully saturated rings. The van der Waals surface area contributed by atoms with E-state index < -0.39 is 0 Å². The van der Waals surface area contributed by atoms with E-state index in [1.165, 1.54) is 0 Å². The normalized spacial score (nSPS) is 14.2. The maximum atomic E-state index is 11.9. The molecule has 1 amide bonds. The van der Waals surface area contributed by atoms with E-state index in [4.69, 9.17) is 13.9 Å². The van der Waals surface area contributed by atoms with Crippen molar-refractivity contribution in [1.29, 1.82) is 0 Å². The summed E-state index contributed by atoms with van der Waals surface area (Å²) >= 11 is 0. The van der Waals surface area contributed by atoms with E-state index in [0.717, 1.165) is 17.2 Å². The van der Waals surface area contributed by atoms with Gasteiger partial charge in [-0.1, -0.05) is 0 Å². The molecule has 1 aliphatic rings. The Morgan fingerprint density at radius 1 is 1.23 bits per heavy atom. The molecular formula is C16H18N2O4. The first-order valence-electron chi connectivity index (χ1n) is 7.18. The fourth-order valence-corrected chi connectivity index (χ4v) is 2.24. The molecule has 2 aromatic rings.